The highest BCUT2D eigenvalue weighted by atomic mass is 19.1. The van der Waals surface area contributed by atoms with E-state index in [1.807, 2.05) is 0 Å². The van der Waals surface area contributed by atoms with E-state index < -0.39 is 11.9 Å². The number of carbonyl (C=O) groups is 1. The number of fused-ring (bicyclic) bond motifs is 1. The van der Waals surface area contributed by atoms with Gasteiger partial charge >= 0.3 is 6.09 Å². The van der Waals surface area contributed by atoms with Gasteiger partial charge in [-0.3, -0.25) is 9.55 Å². The van der Waals surface area contributed by atoms with E-state index in [9.17, 15) is 14.3 Å². The quantitative estimate of drug-likeness (QED) is 0.490. The molecule has 0 amide bonds. The highest BCUT2D eigenvalue weighted by molar-refractivity contribution is 5.88. The molecular weight excluding hydrogens is 391 g/mol. The number of hydrogen-bond acceptors (Lipinski definition) is 5. The maximum absolute atomic E-state index is 14.8. The Kier molecular flexibility index (Phi) is 4.97. The van der Waals surface area contributed by atoms with E-state index in [1.165, 1.54) is 32.5 Å². The van der Waals surface area contributed by atoms with Gasteiger partial charge in [-0.15, -0.1) is 0 Å². The Hall–Kier alpha value is -4.07. The molecule has 0 saturated carbocycles. The van der Waals surface area contributed by atoms with Crippen molar-refractivity contribution in [3.63, 3.8) is 0 Å². The summed E-state index contributed by atoms with van der Waals surface area (Å²) < 4.78 is 32.2. The van der Waals surface area contributed by atoms with Crippen molar-refractivity contribution in [2.75, 3.05) is 14.2 Å². The van der Waals surface area contributed by atoms with Crippen LogP contribution in [0.2, 0.25) is 0 Å². The van der Waals surface area contributed by atoms with Gasteiger partial charge in [0.2, 0.25) is 0 Å². The second-order valence-electron chi connectivity index (χ2n) is 6.33. The molecule has 0 saturated heterocycles. The Balaban J connectivity index is 1.72. The summed E-state index contributed by atoms with van der Waals surface area (Å²) in [5, 5.41) is 9.86. The highest BCUT2D eigenvalue weighted by Crippen LogP contribution is 2.37. The molecule has 7 nitrogen and oxygen atoms in total. The molecule has 0 aliphatic carbocycles. The van der Waals surface area contributed by atoms with Crippen LogP contribution in [0.3, 0.4) is 0 Å². The van der Waals surface area contributed by atoms with Gasteiger partial charge in [0.05, 0.1) is 25.4 Å². The van der Waals surface area contributed by atoms with Crippen LogP contribution in [0.5, 0.6) is 23.0 Å². The molecule has 2 heterocycles. The fourth-order valence-electron chi connectivity index (χ4n) is 3.18. The lowest BCUT2D eigenvalue weighted by Gasteiger charge is -2.13. The van der Waals surface area contributed by atoms with Crippen LogP contribution in [0.4, 0.5) is 9.18 Å². The van der Waals surface area contributed by atoms with Crippen molar-refractivity contribution in [1.29, 1.82) is 0 Å². The number of carboxylic acid groups (broad SMARTS) is 1. The van der Waals surface area contributed by atoms with Crippen LogP contribution in [-0.4, -0.2) is 35.0 Å². The van der Waals surface area contributed by atoms with Crippen LogP contribution < -0.4 is 14.2 Å². The number of benzene rings is 2. The third-order valence-corrected chi connectivity index (χ3v) is 4.61. The summed E-state index contributed by atoms with van der Waals surface area (Å²) in [5.41, 5.74) is 1.37. The summed E-state index contributed by atoms with van der Waals surface area (Å²) in [5.74, 6) is 0.770. The second-order valence-corrected chi connectivity index (χ2v) is 6.33. The Labute approximate surface area is 170 Å². The van der Waals surface area contributed by atoms with E-state index in [4.69, 9.17) is 14.2 Å². The first-order valence-electron chi connectivity index (χ1n) is 8.91. The van der Waals surface area contributed by atoms with Crippen molar-refractivity contribution in [3.05, 3.63) is 66.7 Å². The lowest BCUT2D eigenvalue weighted by molar-refractivity contribution is 0.197. The zero-order chi connectivity index (χ0) is 21.3. The fraction of sp³-hybridized carbons (Fsp3) is 0.0909. The van der Waals surface area contributed by atoms with Gasteiger partial charge in [-0.2, -0.15) is 0 Å². The van der Waals surface area contributed by atoms with Crippen LogP contribution in [0.25, 0.3) is 22.2 Å². The molecule has 0 aliphatic heterocycles. The number of hydrogen-bond donors (Lipinski definition) is 1. The van der Waals surface area contributed by atoms with Crippen molar-refractivity contribution in [2.24, 2.45) is 0 Å². The molecule has 4 rings (SSSR count). The van der Waals surface area contributed by atoms with Crippen LogP contribution in [0.15, 0.2) is 60.9 Å². The Morgan fingerprint density at radius 3 is 2.47 bits per heavy atom. The molecule has 2 aromatic heterocycles. The van der Waals surface area contributed by atoms with E-state index >= 15 is 0 Å². The summed E-state index contributed by atoms with van der Waals surface area (Å²) in [6, 6.07) is 12.5. The third-order valence-electron chi connectivity index (χ3n) is 4.61. The molecule has 4 aromatic rings. The molecule has 0 spiro atoms. The van der Waals surface area contributed by atoms with E-state index in [2.05, 4.69) is 4.98 Å². The minimum absolute atomic E-state index is 0.00512. The van der Waals surface area contributed by atoms with Crippen molar-refractivity contribution in [1.82, 2.24) is 9.55 Å². The number of ether oxygens (including phenoxy) is 3. The molecule has 0 bridgehead atoms. The van der Waals surface area contributed by atoms with Crippen LogP contribution in [0, 0.1) is 5.82 Å². The third kappa shape index (κ3) is 3.39. The first-order chi connectivity index (χ1) is 14.5. The lowest BCUT2D eigenvalue weighted by atomic mass is 10.1. The second kappa shape index (κ2) is 7.75. The van der Waals surface area contributed by atoms with Crippen molar-refractivity contribution in [3.8, 4) is 34.3 Å². The first-order valence-corrected chi connectivity index (χ1v) is 8.91. The summed E-state index contributed by atoms with van der Waals surface area (Å²) in [4.78, 5) is 15.6. The summed E-state index contributed by atoms with van der Waals surface area (Å²) in [7, 11) is 3.05. The standard InChI is InChI=1S/C22H17FN2O5/c1-28-20-11-14-16(12-21(20)29-2)24-8-7-18(14)30-19-6-5-13(10-15(19)23)17-4-3-9-25(17)22(26)27/h3-12H,1-2H3,(H,26,27). The molecule has 2 aromatic carbocycles. The Morgan fingerprint density at radius 1 is 1.00 bits per heavy atom. The normalized spacial score (nSPS) is 10.8. The lowest BCUT2D eigenvalue weighted by Crippen LogP contribution is -2.07. The maximum Gasteiger partial charge on any atom is 0.415 e. The smallest absolute Gasteiger partial charge is 0.415 e. The topological polar surface area (TPSA) is 82.8 Å². The van der Waals surface area contributed by atoms with Crippen LogP contribution >= 0.6 is 0 Å². The molecule has 0 atom stereocenters. The molecule has 30 heavy (non-hydrogen) atoms. The predicted molar refractivity (Wildman–Crippen MR) is 108 cm³/mol. The molecular formula is C22H17FN2O5. The van der Waals surface area contributed by atoms with Gasteiger partial charge in [0.1, 0.15) is 5.75 Å². The minimum atomic E-state index is -1.15. The summed E-state index contributed by atoms with van der Waals surface area (Å²) in [6.07, 6.45) is 1.80. The summed E-state index contributed by atoms with van der Waals surface area (Å²) in [6.45, 7) is 0. The van der Waals surface area contributed by atoms with Crippen LogP contribution in [-0.2, 0) is 0 Å². The number of nitrogens with zero attached hydrogens (tertiary/aromatic N) is 2. The number of methoxy groups -OCH3 is 2. The monoisotopic (exact) mass is 408 g/mol. The number of rotatable bonds is 5. The van der Waals surface area contributed by atoms with Gasteiger partial charge in [0.15, 0.2) is 23.1 Å². The average Bonchev–Trinajstić information content (AvgIpc) is 3.24. The first kappa shape index (κ1) is 19.3. The van der Waals surface area contributed by atoms with Crippen LogP contribution in [0.1, 0.15) is 0 Å². The van der Waals surface area contributed by atoms with E-state index in [0.29, 0.717) is 39.4 Å². The van der Waals surface area contributed by atoms with Gasteiger partial charge in [-0.05, 0) is 42.5 Å². The van der Waals surface area contributed by atoms with Gasteiger partial charge in [0.25, 0.3) is 0 Å². The SMILES string of the molecule is COc1cc2nccc(Oc3ccc(-c4cccn4C(=O)O)cc3F)c2cc1OC. The van der Waals surface area contributed by atoms with Crippen molar-refractivity contribution in [2.45, 2.75) is 0 Å². The van der Waals surface area contributed by atoms with E-state index in [1.54, 1.807) is 42.6 Å². The van der Waals surface area contributed by atoms with E-state index in [0.717, 1.165) is 4.57 Å². The molecule has 152 valence electrons. The zero-order valence-electron chi connectivity index (χ0n) is 16.1. The van der Waals surface area contributed by atoms with Crippen molar-refractivity contribution < 1.29 is 28.5 Å². The molecule has 0 radical (unpaired) electrons. The Bertz CT molecular complexity index is 1250. The maximum atomic E-state index is 14.8. The highest BCUT2D eigenvalue weighted by Gasteiger charge is 2.15. The van der Waals surface area contributed by atoms with Gasteiger partial charge in [-0.1, -0.05) is 0 Å². The Morgan fingerprint density at radius 2 is 1.77 bits per heavy atom. The molecule has 1 N–H and O–H groups in total. The minimum Gasteiger partial charge on any atom is -0.493 e. The zero-order valence-corrected chi connectivity index (χ0v) is 16.1. The fourth-order valence-corrected chi connectivity index (χ4v) is 3.18. The molecule has 0 aliphatic rings. The van der Waals surface area contributed by atoms with Gasteiger partial charge in [-0.25, -0.2) is 9.18 Å². The molecule has 8 heteroatoms. The van der Waals surface area contributed by atoms with Crippen molar-refractivity contribution >= 4 is 17.0 Å². The molecule has 0 fully saturated rings. The number of halogens is 1. The van der Waals surface area contributed by atoms with E-state index in [-0.39, 0.29) is 5.75 Å². The van der Waals surface area contributed by atoms with Gasteiger partial charge < -0.3 is 19.3 Å². The summed E-state index contributed by atoms with van der Waals surface area (Å²) >= 11 is 0. The molecule has 0 unspecified atom stereocenters. The van der Waals surface area contributed by atoms with Gasteiger partial charge in [0, 0.05) is 29.4 Å². The predicted octanol–water partition coefficient (Wildman–Crippen LogP) is 5.18. The number of pyridine rings is 1. The number of aromatic nitrogens is 2. The largest absolute Gasteiger partial charge is 0.493 e. The average molecular weight is 408 g/mol.